The number of phenolic OH excluding ortho intramolecular Hbond substituents is 1. The van der Waals surface area contributed by atoms with Crippen molar-refractivity contribution >= 4 is 5.78 Å². The Morgan fingerprint density at radius 3 is 2.37 bits per heavy atom. The third-order valence-corrected chi connectivity index (χ3v) is 5.54. The number of hydrogen-bond donors (Lipinski definition) is 1. The molecule has 0 radical (unpaired) electrons. The molecular weight excluding hydrogens is 352 g/mol. The van der Waals surface area contributed by atoms with Crippen LogP contribution in [-0.2, 0) is 0 Å². The van der Waals surface area contributed by atoms with E-state index in [4.69, 9.17) is 4.74 Å². The predicted octanol–water partition coefficient (Wildman–Crippen LogP) is 3.64. The number of hydrogen-bond acceptors (Lipinski definition) is 4. The van der Waals surface area contributed by atoms with Crippen molar-refractivity contribution in [3.05, 3.63) is 59.7 Å². The van der Waals surface area contributed by atoms with Crippen LogP contribution in [0.5, 0.6) is 11.5 Å². The maximum atomic E-state index is 13.4. The topological polar surface area (TPSA) is 49.8 Å². The molecule has 0 spiro atoms. The molecule has 3 atom stereocenters. The number of halogens is 2. The summed E-state index contributed by atoms with van der Waals surface area (Å²) in [6, 6.07) is 9.82. The van der Waals surface area contributed by atoms with Crippen LogP contribution in [0.3, 0.4) is 0 Å². The second kappa shape index (κ2) is 7.27. The second-order valence-electron chi connectivity index (χ2n) is 7.47. The van der Waals surface area contributed by atoms with E-state index in [9.17, 15) is 18.7 Å². The highest BCUT2D eigenvalue weighted by molar-refractivity contribution is 5.97. The highest BCUT2D eigenvalue weighted by Crippen LogP contribution is 2.39. The van der Waals surface area contributed by atoms with E-state index in [0.29, 0.717) is 17.6 Å². The molecule has 0 amide bonds. The molecule has 1 N–H and O–H groups in total. The van der Waals surface area contributed by atoms with Gasteiger partial charge in [0.15, 0.2) is 17.3 Å². The smallest absolute Gasteiger partial charge is 0.176 e. The van der Waals surface area contributed by atoms with Crippen LogP contribution in [0, 0.1) is 23.5 Å². The normalized spacial score (nSPS) is 24.7. The number of carbonyl (C=O) groups is 1. The molecule has 142 valence electrons. The maximum absolute atomic E-state index is 13.4. The molecule has 2 aromatic carbocycles. The van der Waals surface area contributed by atoms with E-state index in [2.05, 4.69) is 4.90 Å². The van der Waals surface area contributed by atoms with Gasteiger partial charge in [0.2, 0.25) is 0 Å². The molecule has 1 heterocycles. The van der Waals surface area contributed by atoms with Crippen LogP contribution in [0.1, 0.15) is 23.2 Å². The van der Waals surface area contributed by atoms with Gasteiger partial charge in [-0.3, -0.25) is 9.69 Å². The van der Waals surface area contributed by atoms with E-state index in [1.165, 1.54) is 24.3 Å². The van der Waals surface area contributed by atoms with Gasteiger partial charge in [0.05, 0.1) is 12.6 Å². The van der Waals surface area contributed by atoms with Gasteiger partial charge in [-0.05, 0) is 67.1 Å². The van der Waals surface area contributed by atoms with Gasteiger partial charge in [-0.2, -0.15) is 0 Å². The number of nitrogens with zero attached hydrogens (tertiary/aromatic N) is 1. The number of Topliss-reactive ketones (excluding diaryl/α,β-unsaturated/α-hetero) is 1. The van der Waals surface area contributed by atoms with Crippen LogP contribution in [0.25, 0.3) is 0 Å². The number of likely N-dealkylation sites (tertiary alicyclic amines) is 1. The Morgan fingerprint density at radius 1 is 1.07 bits per heavy atom. The lowest BCUT2D eigenvalue weighted by atomic mass is 10.0. The van der Waals surface area contributed by atoms with Crippen molar-refractivity contribution in [2.75, 3.05) is 19.6 Å². The minimum absolute atomic E-state index is 0.120. The van der Waals surface area contributed by atoms with Crippen molar-refractivity contribution in [3.63, 3.8) is 0 Å². The Kier molecular flexibility index (Phi) is 4.83. The molecule has 2 aliphatic rings. The average molecular weight is 373 g/mol. The second-order valence-corrected chi connectivity index (χ2v) is 7.47. The quantitative estimate of drug-likeness (QED) is 0.813. The highest BCUT2D eigenvalue weighted by atomic mass is 19.1. The first-order valence-corrected chi connectivity index (χ1v) is 9.14. The van der Waals surface area contributed by atoms with E-state index in [1.54, 1.807) is 12.1 Å². The Hall–Kier alpha value is -2.47. The molecule has 27 heavy (non-hydrogen) atoms. The van der Waals surface area contributed by atoms with E-state index >= 15 is 0 Å². The van der Waals surface area contributed by atoms with Crippen LogP contribution in [0.4, 0.5) is 8.78 Å². The fraction of sp³-hybridized carbons (Fsp3) is 0.381. The Balaban J connectivity index is 1.30. The molecule has 2 aromatic rings. The van der Waals surface area contributed by atoms with Crippen molar-refractivity contribution in [1.29, 1.82) is 0 Å². The molecule has 1 saturated carbocycles. The molecule has 1 aliphatic heterocycles. The number of ketones is 1. The monoisotopic (exact) mass is 373 g/mol. The Bertz CT molecular complexity index is 826. The molecular formula is C21H21F2NO3. The van der Waals surface area contributed by atoms with Gasteiger partial charge in [0.1, 0.15) is 11.6 Å². The van der Waals surface area contributed by atoms with Crippen LogP contribution in [0.2, 0.25) is 0 Å². The summed E-state index contributed by atoms with van der Waals surface area (Å²) < 4.78 is 32.4. The summed E-state index contributed by atoms with van der Waals surface area (Å²) >= 11 is 0. The van der Waals surface area contributed by atoms with Gasteiger partial charge in [-0.1, -0.05) is 0 Å². The lowest BCUT2D eigenvalue weighted by molar-refractivity contribution is 0.0936. The summed E-state index contributed by atoms with van der Waals surface area (Å²) in [5, 5.41) is 9.24. The summed E-state index contributed by atoms with van der Waals surface area (Å²) in [4.78, 5) is 14.5. The van der Waals surface area contributed by atoms with Crippen LogP contribution in [0.15, 0.2) is 42.5 Å². The third-order valence-electron chi connectivity index (χ3n) is 5.54. The fourth-order valence-corrected chi connectivity index (χ4v) is 4.25. The first kappa shape index (κ1) is 17.9. The molecule has 4 nitrogen and oxygen atoms in total. The zero-order chi connectivity index (χ0) is 19.0. The van der Waals surface area contributed by atoms with Gasteiger partial charge in [0.25, 0.3) is 0 Å². The van der Waals surface area contributed by atoms with Gasteiger partial charge in [0, 0.05) is 18.7 Å². The lowest BCUT2D eigenvalue weighted by Gasteiger charge is -2.19. The first-order chi connectivity index (χ1) is 13.0. The van der Waals surface area contributed by atoms with Gasteiger partial charge < -0.3 is 9.84 Å². The number of rotatable bonds is 5. The largest absolute Gasteiger partial charge is 0.505 e. The minimum Gasteiger partial charge on any atom is -0.505 e. The number of phenols is 1. The molecule has 1 saturated heterocycles. The number of aromatic hydroxyl groups is 1. The lowest BCUT2D eigenvalue weighted by Crippen LogP contribution is -2.30. The number of benzene rings is 2. The van der Waals surface area contributed by atoms with Crippen molar-refractivity contribution in [1.82, 2.24) is 4.90 Å². The summed E-state index contributed by atoms with van der Waals surface area (Å²) in [7, 11) is 0. The molecule has 4 rings (SSSR count). The number of ether oxygens (including phenoxy) is 1. The summed E-state index contributed by atoms with van der Waals surface area (Å²) in [6.07, 6.45) is 1.95. The zero-order valence-corrected chi connectivity index (χ0v) is 14.8. The standard InChI is InChI=1S/C21H21F2NO3/c22-16-2-4-17(5-3-16)27-18-7-14-10-24(11-15(14)8-18)12-21(26)13-1-6-20(25)19(23)9-13/h1-6,9,14-15,18,25H,7-8,10-12H2/t14-,15+,18+. The molecule has 1 aliphatic carbocycles. The van der Waals surface area contributed by atoms with Crippen LogP contribution >= 0.6 is 0 Å². The van der Waals surface area contributed by atoms with E-state index in [1.807, 2.05) is 0 Å². The van der Waals surface area contributed by atoms with Crippen molar-refractivity contribution in [2.45, 2.75) is 18.9 Å². The predicted molar refractivity (Wildman–Crippen MR) is 95.9 cm³/mol. The molecule has 0 unspecified atom stereocenters. The van der Waals surface area contributed by atoms with Gasteiger partial charge in [-0.25, -0.2) is 8.78 Å². The molecule has 0 aromatic heterocycles. The van der Waals surface area contributed by atoms with E-state index in [0.717, 1.165) is 32.0 Å². The van der Waals surface area contributed by atoms with Gasteiger partial charge in [-0.15, -0.1) is 0 Å². The first-order valence-electron chi connectivity index (χ1n) is 9.14. The SMILES string of the molecule is O=C(CN1C[C@H]2C[C@H](Oc3ccc(F)cc3)C[C@H]2C1)c1ccc(O)c(F)c1. The van der Waals surface area contributed by atoms with Crippen molar-refractivity contribution in [2.24, 2.45) is 11.8 Å². The fourth-order valence-electron chi connectivity index (χ4n) is 4.25. The summed E-state index contributed by atoms with van der Waals surface area (Å²) in [6.45, 7) is 1.89. The molecule has 0 bridgehead atoms. The van der Waals surface area contributed by atoms with Gasteiger partial charge >= 0.3 is 0 Å². The number of fused-ring (bicyclic) bond motifs is 1. The van der Waals surface area contributed by atoms with E-state index < -0.39 is 11.6 Å². The van der Waals surface area contributed by atoms with E-state index in [-0.39, 0.29) is 29.8 Å². The Labute approximate surface area is 156 Å². The zero-order valence-electron chi connectivity index (χ0n) is 14.8. The molecule has 2 fully saturated rings. The maximum Gasteiger partial charge on any atom is 0.176 e. The van der Waals surface area contributed by atoms with Crippen molar-refractivity contribution < 1.29 is 23.4 Å². The third kappa shape index (κ3) is 3.95. The summed E-state index contributed by atoms with van der Waals surface area (Å²) in [5.41, 5.74) is 0.278. The summed E-state index contributed by atoms with van der Waals surface area (Å²) in [5.74, 6) is -0.0239. The van der Waals surface area contributed by atoms with Crippen molar-refractivity contribution in [3.8, 4) is 11.5 Å². The average Bonchev–Trinajstić information content (AvgIpc) is 3.17. The minimum atomic E-state index is -0.778. The Morgan fingerprint density at radius 2 is 1.74 bits per heavy atom. The van der Waals surface area contributed by atoms with Crippen LogP contribution < -0.4 is 4.74 Å². The number of carbonyl (C=O) groups excluding carboxylic acids is 1. The van der Waals surface area contributed by atoms with Crippen LogP contribution in [-0.4, -0.2) is 41.5 Å². The molecule has 6 heteroatoms. The highest BCUT2D eigenvalue weighted by Gasteiger charge is 2.42.